The standard InChI is InChI=1S/C20H18Cl2N2O3/c1-11-4-12(2)6-17(5-11)26-10-18-13(3)27-24-19(18)20(25)23-16-8-14(21)7-15(22)9-16/h4-9H,10H2,1-3H3,(H,23,25). The van der Waals surface area contributed by atoms with Crippen LogP contribution in [-0.4, -0.2) is 11.1 Å². The lowest BCUT2D eigenvalue weighted by atomic mass is 10.1. The predicted molar refractivity (Wildman–Crippen MR) is 106 cm³/mol. The van der Waals surface area contributed by atoms with Crippen molar-refractivity contribution in [2.24, 2.45) is 0 Å². The molecule has 5 nitrogen and oxygen atoms in total. The fourth-order valence-corrected chi connectivity index (χ4v) is 3.25. The van der Waals surface area contributed by atoms with Crippen molar-refractivity contribution in [2.75, 3.05) is 5.32 Å². The molecule has 0 spiro atoms. The van der Waals surface area contributed by atoms with Gasteiger partial charge in [0.15, 0.2) is 5.69 Å². The average molecular weight is 405 g/mol. The Hall–Kier alpha value is -2.50. The van der Waals surface area contributed by atoms with Gasteiger partial charge < -0.3 is 14.6 Å². The monoisotopic (exact) mass is 404 g/mol. The molecule has 0 unspecified atom stereocenters. The summed E-state index contributed by atoms with van der Waals surface area (Å²) < 4.78 is 11.0. The lowest BCUT2D eigenvalue weighted by Crippen LogP contribution is -2.15. The van der Waals surface area contributed by atoms with Gasteiger partial charge in [0, 0.05) is 15.7 Å². The number of amides is 1. The number of hydrogen-bond donors (Lipinski definition) is 1. The number of carbonyl (C=O) groups is 1. The number of nitrogens with zero attached hydrogens (tertiary/aromatic N) is 1. The van der Waals surface area contributed by atoms with Crippen LogP contribution in [0.4, 0.5) is 5.69 Å². The molecule has 3 rings (SSSR count). The number of benzene rings is 2. The second-order valence-corrected chi connectivity index (χ2v) is 7.16. The molecule has 1 amide bonds. The fraction of sp³-hybridized carbons (Fsp3) is 0.200. The SMILES string of the molecule is Cc1cc(C)cc(OCc2c(C(=O)Nc3cc(Cl)cc(Cl)c3)noc2C)c1. The van der Waals surface area contributed by atoms with Gasteiger partial charge in [-0.2, -0.15) is 0 Å². The first-order valence-corrected chi connectivity index (χ1v) is 9.01. The summed E-state index contributed by atoms with van der Waals surface area (Å²) in [5.41, 5.74) is 3.41. The number of carbonyl (C=O) groups excluding carboxylic acids is 1. The van der Waals surface area contributed by atoms with E-state index in [1.165, 1.54) is 0 Å². The van der Waals surface area contributed by atoms with E-state index in [1.54, 1.807) is 25.1 Å². The van der Waals surface area contributed by atoms with Gasteiger partial charge in [-0.3, -0.25) is 4.79 Å². The molecule has 0 aliphatic rings. The van der Waals surface area contributed by atoms with Crippen molar-refractivity contribution in [3.05, 3.63) is 74.6 Å². The average Bonchev–Trinajstić information content (AvgIpc) is 2.92. The zero-order valence-electron chi connectivity index (χ0n) is 15.1. The van der Waals surface area contributed by atoms with Gasteiger partial charge in [-0.15, -0.1) is 0 Å². The van der Waals surface area contributed by atoms with Crippen LogP contribution in [0.2, 0.25) is 10.0 Å². The molecule has 7 heteroatoms. The van der Waals surface area contributed by atoms with Crippen molar-refractivity contribution in [1.82, 2.24) is 5.16 Å². The Kier molecular flexibility index (Phi) is 5.73. The van der Waals surface area contributed by atoms with Crippen LogP contribution in [0.1, 0.15) is 32.9 Å². The van der Waals surface area contributed by atoms with Crippen molar-refractivity contribution in [3.8, 4) is 5.75 Å². The summed E-state index contributed by atoms with van der Waals surface area (Å²) in [4.78, 5) is 12.6. The van der Waals surface area contributed by atoms with Gasteiger partial charge >= 0.3 is 0 Å². The van der Waals surface area contributed by atoms with E-state index in [0.29, 0.717) is 27.1 Å². The minimum atomic E-state index is -0.427. The minimum absolute atomic E-state index is 0.160. The molecule has 1 heterocycles. The zero-order valence-corrected chi connectivity index (χ0v) is 16.6. The molecule has 0 radical (unpaired) electrons. The molecule has 3 aromatic rings. The second-order valence-electron chi connectivity index (χ2n) is 6.29. The highest BCUT2D eigenvalue weighted by molar-refractivity contribution is 6.35. The van der Waals surface area contributed by atoms with Gasteiger partial charge in [0.1, 0.15) is 18.1 Å². The number of halogens is 2. The predicted octanol–water partition coefficient (Wildman–Crippen LogP) is 5.74. The Morgan fingerprint density at radius 3 is 2.30 bits per heavy atom. The Balaban J connectivity index is 1.78. The van der Waals surface area contributed by atoms with Crippen molar-refractivity contribution in [3.63, 3.8) is 0 Å². The van der Waals surface area contributed by atoms with E-state index in [9.17, 15) is 4.79 Å². The molecule has 0 aliphatic heterocycles. The van der Waals surface area contributed by atoms with Crippen LogP contribution < -0.4 is 10.1 Å². The van der Waals surface area contributed by atoms with Crippen molar-refractivity contribution in [2.45, 2.75) is 27.4 Å². The smallest absolute Gasteiger partial charge is 0.278 e. The third-order valence-electron chi connectivity index (χ3n) is 3.90. The normalized spacial score (nSPS) is 10.7. The number of aryl methyl sites for hydroxylation is 3. The summed E-state index contributed by atoms with van der Waals surface area (Å²) in [5.74, 6) is 0.818. The number of ether oxygens (including phenoxy) is 1. The van der Waals surface area contributed by atoms with Crippen LogP contribution in [-0.2, 0) is 6.61 Å². The molecule has 2 aromatic carbocycles. The summed E-state index contributed by atoms with van der Waals surface area (Å²) >= 11 is 11.9. The summed E-state index contributed by atoms with van der Waals surface area (Å²) in [5, 5.41) is 7.44. The Morgan fingerprint density at radius 2 is 1.67 bits per heavy atom. The molecule has 1 N–H and O–H groups in total. The summed E-state index contributed by atoms with van der Waals surface area (Å²) in [6.07, 6.45) is 0. The second kappa shape index (κ2) is 8.03. The number of anilines is 1. The molecule has 0 saturated carbocycles. The van der Waals surface area contributed by atoms with Crippen molar-refractivity contribution < 1.29 is 14.1 Å². The minimum Gasteiger partial charge on any atom is -0.489 e. The van der Waals surface area contributed by atoms with E-state index in [0.717, 1.165) is 16.9 Å². The van der Waals surface area contributed by atoms with Gasteiger partial charge in [0.25, 0.3) is 5.91 Å². The van der Waals surface area contributed by atoms with Crippen LogP contribution in [0.5, 0.6) is 5.75 Å². The number of nitrogens with one attached hydrogen (secondary N) is 1. The first-order chi connectivity index (χ1) is 12.8. The molecule has 0 fully saturated rings. The van der Waals surface area contributed by atoms with Gasteiger partial charge in [0.05, 0.1) is 5.56 Å². The van der Waals surface area contributed by atoms with E-state index < -0.39 is 5.91 Å². The highest BCUT2D eigenvalue weighted by Crippen LogP contribution is 2.24. The Bertz CT molecular complexity index is 958. The lowest BCUT2D eigenvalue weighted by molar-refractivity contribution is 0.101. The molecule has 0 saturated heterocycles. The maximum absolute atomic E-state index is 12.6. The van der Waals surface area contributed by atoms with Gasteiger partial charge in [-0.1, -0.05) is 34.4 Å². The van der Waals surface area contributed by atoms with Crippen LogP contribution in [0.15, 0.2) is 40.9 Å². The molecule has 0 bridgehead atoms. The summed E-state index contributed by atoms with van der Waals surface area (Å²) in [6.45, 7) is 5.90. The quantitative estimate of drug-likeness (QED) is 0.588. The maximum atomic E-state index is 12.6. The Morgan fingerprint density at radius 1 is 1.04 bits per heavy atom. The molecule has 140 valence electrons. The topological polar surface area (TPSA) is 64.4 Å². The summed E-state index contributed by atoms with van der Waals surface area (Å²) in [7, 11) is 0. The number of hydrogen-bond acceptors (Lipinski definition) is 4. The first kappa shape index (κ1) is 19.3. The summed E-state index contributed by atoms with van der Waals surface area (Å²) in [6, 6.07) is 10.7. The van der Waals surface area contributed by atoms with Crippen LogP contribution in [0.3, 0.4) is 0 Å². The molecule has 1 aromatic heterocycles. The van der Waals surface area contributed by atoms with E-state index >= 15 is 0 Å². The van der Waals surface area contributed by atoms with Gasteiger partial charge in [-0.25, -0.2) is 0 Å². The molecule has 0 atom stereocenters. The van der Waals surface area contributed by atoms with E-state index in [4.69, 9.17) is 32.5 Å². The lowest BCUT2D eigenvalue weighted by Gasteiger charge is -2.09. The highest BCUT2D eigenvalue weighted by Gasteiger charge is 2.21. The Labute approximate surface area is 167 Å². The van der Waals surface area contributed by atoms with Gasteiger partial charge in [0.2, 0.25) is 0 Å². The van der Waals surface area contributed by atoms with E-state index in [2.05, 4.69) is 16.5 Å². The first-order valence-electron chi connectivity index (χ1n) is 8.25. The maximum Gasteiger partial charge on any atom is 0.278 e. The molecule has 27 heavy (non-hydrogen) atoms. The molecule has 0 aliphatic carbocycles. The van der Waals surface area contributed by atoms with Crippen LogP contribution in [0, 0.1) is 20.8 Å². The zero-order chi connectivity index (χ0) is 19.6. The highest BCUT2D eigenvalue weighted by atomic mass is 35.5. The third kappa shape index (κ3) is 4.81. The van der Waals surface area contributed by atoms with Crippen LogP contribution >= 0.6 is 23.2 Å². The van der Waals surface area contributed by atoms with Crippen LogP contribution in [0.25, 0.3) is 0 Å². The fourth-order valence-electron chi connectivity index (χ4n) is 2.73. The third-order valence-corrected chi connectivity index (χ3v) is 4.33. The molecular formula is C20H18Cl2N2O3. The van der Waals surface area contributed by atoms with Crippen molar-refractivity contribution >= 4 is 34.8 Å². The number of aromatic nitrogens is 1. The van der Waals surface area contributed by atoms with Gasteiger partial charge in [-0.05, 0) is 62.2 Å². The largest absolute Gasteiger partial charge is 0.489 e. The van der Waals surface area contributed by atoms with E-state index in [1.807, 2.05) is 26.0 Å². The van der Waals surface area contributed by atoms with Crippen molar-refractivity contribution in [1.29, 1.82) is 0 Å². The number of rotatable bonds is 5. The van der Waals surface area contributed by atoms with E-state index in [-0.39, 0.29) is 12.3 Å². The molecular weight excluding hydrogens is 387 g/mol.